The van der Waals surface area contributed by atoms with Gasteiger partial charge in [0.15, 0.2) is 0 Å². The largest absolute Gasteiger partial charge is 0.333 e. The molecule has 0 spiro atoms. The maximum Gasteiger partial charge on any atom is 0.269 e. The minimum atomic E-state index is -1.16. The lowest BCUT2D eigenvalue weighted by molar-refractivity contribution is -0.385. The Bertz CT molecular complexity index is 1630. The van der Waals surface area contributed by atoms with Gasteiger partial charge in [0.25, 0.3) is 34.6 Å². The zero-order valence-electron chi connectivity index (χ0n) is 22.8. The summed E-state index contributed by atoms with van der Waals surface area (Å²) >= 11 is 0. The summed E-state index contributed by atoms with van der Waals surface area (Å²) in [4.78, 5) is 68.4. The fourth-order valence-corrected chi connectivity index (χ4v) is 4.08. The number of hydrogen-bond acceptors (Lipinski definition) is 11. The monoisotopic (exact) mass is 615 g/mol. The number of nitrogens with one attached hydrogen (secondary N) is 3. The maximum atomic E-state index is 13.2. The Balaban J connectivity index is 1.70. The molecule has 17 heteroatoms. The molecule has 0 aromatic heterocycles. The van der Waals surface area contributed by atoms with Gasteiger partial charge in [0.05, 0.1) is 19.7 Å². The van der Waals surface area contributed by atoms with Gasteiger partial charge in [0, 0.05) is 59.7 Å². The SMILES string of the molecule is O=C(NC(NC(NC(=O)c1ccc([N+](=O)[O-])cc1)c1ccc([N+](=O)[O-])cc1)c1ccc([N+](=O)[O-])cc1)c1ccc([N+](=O)[O-])cc1. The third kappa shape index (κ3) is 7.81. The van der Waals surface area contributed by atoms with Crippen LogP contribution in [0.25, 0.3) is 0 Å². The highest BCUT2D eigenvalue weighted by Gasteiger charge is 2.25. The first kappa shape index (κ1) is 31.3. The van der Waals surface area contributed by atoms with E-state index in [9.17, 15) is 50.0 Å². The van der Waals surface area contributed by atoms with Crippen molar-refractivity contribution in [3.63, 3.8) is 0 Å². The fourth-order valence-electron chi connectivity index (χ4n) is 4.08. The van der Waals surface area contributed by atoms with E-state index in [2.05, 4.69) is 16.0 Å². The van der Waals surface area contributed by atoms with Crippen LogP contribution in [0.2, 0.25) is 0 Å². The number of nitrogens with zero attached hydrogens (tertiary/aromatic N) is 4. The molecule has 0 fully saturated rings. The zero-order valence-corrected chi connectivity index (χ0v) is 22.8. The molecule has 0 aliphatic heterocycles. The summed E-state index contributed by atoms with van der Waals surface area (Å²) in [5, 5.41) is 52.9. The number of nitro benzene ring substituents is 4. The number of hydrogen-bond donors (Lipinski definition) is 3. The van der Waals surface area contributed by atoms with E-state index in [4.69, 9.17) is 0 Å². The molecule has 2 atom stereocenters. The summed E-state index contributed by atoms with van der Waals surface area (Å²) in [6.45, 7) is 0. The van der Waals surface area contributed by atoms with E-state index in [0.29, 0.717) is 11.1 Å². The molecule has 0 bridgehead atoms. The van der Waals surface area contributed by atoms with Crippen molar-refractivity contribution in [3.05, 3.63) is 160 Å². The Hall–Kier alpha value is -6.62. The number of carbonyl (C=O) groups excluding carboxylic acids is 2. The van der Waals surface area contributed by atoms with Crippen molar-refractivity contribution in [1.29, 1.82) is 0 Å². The van der Waals surface area contributed by atoms with E-state index >= 15 is 0 Å². The minimum absolute atomic E-state index is 0.0381. The molecule has 4 aromatic rings. The number of benzene rings is 4. The summed E-state index contributed by atoms with van der Waals surface area (Å²) in [6, 6.07) is 19.6. The van der Waals surface area contributed by atoms with Gasteiger partial charge in [-0.3, -0.25) is 55.4 Å². The van der Waals surface area contributed by atoms with Gasteiger partial charge >= 0.3 is 0 Å². The number of carbonyl (C=O) groups is 2. The Kier molecular flexibility index (Phi) is 9.44. The molecule has 0 radical (unpaired) electrons. The van der Waals surface area contributed by atoms with Gasteiger partial charge in [-0.1, -0.05) is 0 Å². The highest BCUT2D eigenvalue weighted by Crippen LogP contribution is 2.23. The molecule has 4 rings (SSSR count). The van der Waals surface area contributed by atoms with Crippen molar-refractivity contribution in [2.24, 2.45) is 0 Å². The van der Waals surface area contributed by atoms with Crippen molar-refractivity contribution in [3.8, 4) is 0 Å². The Morgan fingerprint density at radius 2 is 0.689 bits per heavy atom. The zero-order chi connectivity index (χ0) is 32.7. The fraction of sp³-hybridized carbons (Fsp3) is 0.0714. The maximum absolute atomic E-state index is 13.2. The molecule has 3 N–H and O–H groups in total. The lowest BCUT2D eigenvalue weighted by Gasteiger charge is -2.28. The Morgan fingerprint density at radius 3 is 0.933 bits per heavy atom. The third-order valence-electron chi connectivity index (χ3n) is 6.44. The second-order valence-corrected chi connectivity index (χ2v) is 9.28. The molecule has 2 unspecified atom stereocenters. The van der Waals surface area contributed by atoms with Gasteiger partial charge in [-0.2, -0.15) is 0 Å². The van der Waals surface area contributed by atoms with Gasteiger partial charge in [-0.15, -0.1) is 0 Å². The molecule has 17 nitrogen and oxygen atoms in total. The summed E-state index contributed by atoms with van der Waals surface area (Å²) in [7, 11) is 0. The van der Waals surface area contributed by atoms with Crippen molar-refractivity contribution in [1.82, 2.24) is 16.0 Å². The smallest absolute Gasteiger partial charge is 0.269 e. The van der Waals surface area contributed by atoms with Crippen LogP contribution in [0.5, 0.6) is 0 Å². The van der Waals surface area contributed by atoms with Crippen molar-refractivity contribution >= 4 is 34.6 Å². The molecule has 0 aliphatic rings. The second kappa shape index (κ2) is 13.6. The predicted molar refractivity (Wildman–Crippen MR) is 156 cm³/mol. The second-order valence-electron chi connectivity index (χ2n) is 9.28. The minimum Gasteiger partial charge on any atom is -0.333 e. The van der Waals surface area contributed by atoms with Crippen LogP contribution in [0.3, 0.4) is 0 Å². The first-order valence-corrected chi connectivity index (χ1v) is 12.8. The normalized spacial score (nSPS) is 11.9. The lowest BCUT2D eigenvalue weighted by atomic mass is 10.1. The van der Waals surface area contributed by atoms with Crippen LogP contribution < -0.4 is 16.0 Å². The highest BCUT2D eigenvalue weighted by atomic mass is 16.6. The van der Waals surface area contributed by atoms with Crippen LogP contribution in [-0.4, -0.2) is 31.5 Å². The average molecular weight is 616 g/mol. The van der Waals surface area contributed by atoms with Gasteiger partial charge in [0.2, 0.25) is 0 Å². The van der Waals surface area contributed by atoms with Gasteiger partial charge < -0.3 is 10.6 Å². The van der Waals surface area contributed by atoms with E-state index in [1.54, 1.807) is 0 Å². The van der Waals surface area contributed by atoms with Crippen LogP contribution in [0.1, 0.15) is 44.2 Å². The molecular weight excluding hydrogens is 594 g/mol. The summed E-state index contributed by atoms with van der Waals surface area (Å²) in [6.07, 6.45) is -2.32. The molecule has 4 aromatic carbocycles. The summed E-state index contributed by atoms with van der Waals surface area (Å²) < 4.78 is 0. The van der Waals surface area contributed by atoms with Crippen molar-refractivity contribution in [2.45, 2.75) is 12.3 Å². The van der Waals surface area contributed by atoms with Crippen molar-refractivity contribution in [2.75, 3.05) is 0 Å². The topological polar surface area (TPSA) is 243 Å². The van der Waals surface area contributed by atoms with E-state index in [1.165, 1.54) is 72.8 Å². The average Bonchev–Trinajstić information content (AvgIpc) is 3.04. The molecule has 2 amide bonds. The van der Waals surface area contributed by atoms with E-state index in [1.807, 2.05) is 0 Å². The summed E-state index contributed by atoms with van der Waals surface area (Å²) in [5.41, 5.74) is -0.297. The Morgan fingerprint density at radius 1 is 0.444 bits per heavy atom. The van der Waals surface area contributed by atoms with E-state index in [0.717, 1.165) is 24.3 Å². The van der Waals surface area contributed by atoms with Crippen LogP contribution >= 0.6 is 0 Å². The number of rotatable bonds is 12. The molecule has 0 saturated heterocycles. The van der Waals surface area contributed by atoms with Crippen LogP contribution in [0.15, 0.2) is 97.1 Å². The quantitative estimate of drug-likeness (QED) is 0.114. The summed E-state index contributed by atoms with van der Waals surface area (Å²) in [5.74, 6) is -1.41. The molecule has 0 aliphatic carbocycles. The lowest BCUT2D eigenvalue weighted by Crippen LogP contribution is -2.45. The molecule has 0 heterocycles. The van der Waals surface area contributed by atoms with E-state index < -0.39 is 43.8 Å². The first-order chi connectivity index (χ1) is 21.4. The molecule has 0 saturated carbocycles. The third-order valence-corrected chi connectivity index (χ3v) is 6.44. The van der Waals surface area contributed by atoms with Crippen molar-refractivity contribution < 1.29 is 29.3 Å². The molecule has 45 heavy (non-hydrogen) atoms. The van der Waals surface area contributed by atoms with Gasteiger partial charge in [-0.25, -0.2) is 0 Å². The first-order valence-electron chi connectivity index (χ1n) is 12.8. The van der Waals surface area contributed by atoms with E-state index in [-0.39, 0.29) is 33.9 Å². The number of non-ortho nitro benzene ring substituents is 4. The number of nitro groups is 4. The van der Waals surface area contributed by atoms with Gasteiger partial charge in [-0.05, 0) is 59.7 Å². The molecular formula is C28H21N7O10. The number of amides is 2. The standard InChI is InChI=1S/C28H21N7O10/c36-27(19-5-13-23(14-6-19)34(42)43)30-25(17-1-9-21(10-2-17)32(38)39)29-26(18-3-11-22(12-4-18)33(40)41)31-28(37)20-7-15-24(16-8-20)35(44)45/h1-16,25-26,29H,(H,30,36)(H,31,37). The molecule has 228 valence electrons. The van der Waals surface area contributed by atoms with Crippen LogP contribution in [-0.2, 0) is 0 Å². The predicted octanol–water partition coefficient (Wildman–Crippen LogP) is 4.47. The van der Waals surface area contributed by atoms with Crippen LogP contribution in [0.4, 0.5) is 22.7 Å². The Labute approximate surface area is 252 Å². The van der Waals surface area contributed by atoms with Crippen LogP contribution in [0, 0.1) is 40.5 Å². The highest BCUT2D eigenvalue weighted by molar-refractivity contribution is 5.95. The van der Waals surface area contributed by atoms with Gasteiger partial charge in [0.1, 0.15) is 12.3 Å².